The summed E-state index contributed by atoms with van der Waals surface area (Å²) < 4.78 is 12.2. The van der Waals surface area contributed by atoms with E-state index in [1.807, 2.05) is 0 Å². The Morgan fingerprint density at radius 2 is 2.05 bits per heavy atom. The molecule has 0 saturated heterocycles. The molecule has 1 unspecified atom stereocenters. The Kier molecular flexibility index (Phi) is 4.41. The summed E-state index contributed by atoms with van der Waals surface area (Å²) in [5.41, 5.74) is 6.69. The lowest BCUT2D eigenvalue weighted by molar-refractivity contribution is -0.385. The minimum atomic E-state index is -1.30. The zero-order valence-corrected chi connectivity index (χ0v) is 11.4. The molecule has 7 heteroatoms. The summed E-state index contributed by atoms with van der Waals surface area (Å²) in [5.74, 6) is 0.277. The van der Waals surface area contributed by atoms with Crippen LogP contribution in [0.5, 0.6) is 0 Å². The normalized spacial score (nSPS) is 12.0. The predicted molar refractivity (Wildman–Crippen MR) is 76.7 cm³/mol. The molecule has 0 aliphatic heterocycles. The summed E-state index contributed by atoms with van der Waals surface area (Å²) in [6.07, 6.45) is 3.32. The number of rotatable bonds is 5. The van der Waals surface area contributed by atoms with Gasteiger partial charge in [-0.15, -0.1) is 0 Å². The quantitative estimate of drug-likeness (QED) is 0.670. The van der Waals surface area contributed by atoms with Crippen molar-refractivity contribution in [2.75, 3.05) is 11.5 Å². The maximum Gasteiger partial charge on any atom is 0.272 e. The Morgan fingerprint density at radius 1 is 1.30 bits per heavy atom. The molecule has 2 aromatic rings. The molecule has 20 heavy (non-hydrogen) atoms. The summed E-state index contributed by atoms with van der Waals surface area (Å²) in [6, 6.07) is 8.06. The van der Waals surface area contributed by atoms with E-state index in [0.29, 0.717) is 22.6 Å². The summed E-state index contributed by atoms with van der Waals surface area (Å²) in [6.45, 7) is 0. The largest absolute Gasteiger partial charge is 0.396 e. The van der Waals surface area contributed by atoms with Gasteiger partial charge in [0.05, 0.1) is 32.5 Å². The van der Waals surface area contributed by atoms with Crippen LogP contribution in [-0.4, -0.2) is 19.9 Å². The topological polar surface area (TPSA) is 99.1 Å². The van der Waals surface area contributed by atoms with E-state index < -0.39 is 15.7 Å². The molecule has 1 heterocycles. The van der Waals surface area contributed by atoms with Crippen molar-refractivity contribution in [3.63, 3.8) is 0 Å². The molecule has 0 bridgehead atoms. The molecule has 0 fully saturated rings. The zero-order valence-electron chi connectivity index (χ0n) is 10.6. The molecule has 1 aromatic heterocycles. The number of hydrogen-bond donors (Lipinski definition) is 1. The highest BCUT2D eigenvalue weighted by molar-refractivity contribution is 7.85. The third kappa shape index (κ3) is 3.18. The lowest BCUT2D eigenvalue weighted by atomic mass is 10.1. The molecule has 1 atom stereocenters. The first-order valence-electron chi connectivity index (χ1n) is 5.89. The summed E-state index contributed by atoms with van der Waals surface area (Å²) in [7, 11) is -1.30. The van der Waals surface area contributed by atoms with Gasteiger partial charge in [0, 0.05) is 23.6 Å². The van der Waals surface area contributed by atoms with Gasteiger partial charge in [-0.2, -0.15) is 0 Å². The lowest BCUT2D eigenvalue weighted by Crippen LogP contribution is -2.06. The molecular formula is C13H13N3O3S. The van der Waals surface area contributed by atoms with Crippen molar-refractivity contribution in [3.8, 4) is 0 Å². The number of aryl methyl sites for hydroxylation is 1. The van der Waals surface area contributed by atoms with Crippen LogP contribution >= 0.6 is 0 Å². The van der Waals surface area contributed by atoms with E-state index in [4.69, 9.17) is 5.73 Å². The van der Waals surface area contributed by atoms with Crippen molar-refractivity contribution in [3.05, 3.63) is 58.4 Å². The van der Waals surface area contributed by atoms with Crippen LogP contribution in [0.2, 0.25) is 0 Å². The Morgan fingerprint density at radius 3 is 2.75 bits per heavy atom. The highest BCUT2D eigenvalue weighted by atomic mass is 32.2. The number of pyridine rings is 1. The van der Waals surface area contributed by atoms with Gasteiger partial charge in [-0.1, -0.05) is 18.2 Å². The van der Waals surface area contributed by atoms with Gasteiger partial charge in [-0.25, -0.2) is 0 Å². The second kappa shape index (κ2) is 6.25. The highest BCUT2D eigenvalue weighted by Gasteiger charge is 2.14. The number of para-hydroxylation sites is 1. The first-order valence-corrected chi connectivity index (χ1v) is 7.21. The average Bonchev–Trinajstić information content (AvgIpc) is 2.45. The maximum atomic E-state index is 12.2. The van der Waals surface area contributed by atoms with E-state index in [2.05, 4.69) is 4.98 Å². The van der Waals surface area contributed by atoms with Crippen LogP contribution in [0.15, 0.2) is 47.6 Å². The van der Waals surface area contributed by atoms with Crippen LogP contribution in [0, 0.1) is 10.1 Å². The van der Waals surface area contributed by atoms with Crippen molar-refractivity contribution in [1.82, 2.24) is 4.98 Å². The fourth-order valence-electron chi connectivity index (χ4n) is 1.81. The first kappa shape index (κ1) is 14.1. The zero-order chi connectivity index (χ0) is 14.5. The van der Waals surface area contributed by atoms with Crippen LogP contribution in [0.4, 0.5) is 11.4 Å². The molecular weight excluding hydrogens is 278 g/mol. The lowest BCUT2D eigenvalue weighted by Gasteiger charge is -2.05. The molecule has 0 radical (unpaired) electrons. The molecule has 0 saturated carbocycles. The molecule has 0 amide bonds. The monoisotopic (exact) mass is 291 g/mol. The SMILES string of the molecule is Nc1cnccc1S(=O)CCc1ccccc1[N+](=O)[O-]. The van der Waals surface area contributed by atoms with Crippen LogP contribution in [-0.2, 0) is 17.2 Å². The maximum absolute atomic E-state index is 12.2. The highest BCUT2D eigenvalue weighted by Crippen LogP contribution is 2.20. The number of hydrogen-bond acceptors (Lipinski definition) is 5. The van der Waals surface area contributed by atoms with Crippen molar-refractivity contribution in [1.29, 1.82) is 0 Å². The summed E-state index contributed by atoms with van der Waals surface area (Å²) in [5, 5.41) is 10.9. The molecule has 1 aromatic carbocycles. The average molecular weight is 291 g/mol. The van der Waals surface area contributed by atoms with Crippen LogP contribution in [0.25, 0.3) is 0 Å². The molecule has 0 aliphatic rings. The van der Waals surface area contributed by atoms with Crippen molar-refractivity contribution < 1.29 is 9.13 Å². The van der Waals surface area contributed by atoms with Gasteiger partial charge in [-0.3, -0.25) is 19.3 Å². The predicted octanol–water partition coefficient (Wildman–Crippen LogP) is 1.92. The fraction of sp³-hybridized carbons (Fsp3) is 0.154. The fourth-order valence-corrected chi connectivity index (χ4v) is 2.97. The van der Waals surface area contributed by atoms with Crippen LogP contribution < -0.4 is 5.73 Å². The summed E-state index contributed by atoms with van der Waals surface area (Å²) in [4.78, 5) is 14.8. The second-order valence-corrected chi connectivity index (χ2v) is 5.64. The molecule has 104 valence electrons. The minimum absolute atomic E-state index is 0.0483. The van der Waals surface area contributed by atoms with Gasteiger partial charge < -0.3 is 5.73 Å². The second-order valence-electron chi connectivity index (χ2n) is 4.10. The number of aromatic nitrogens is 1. The summed E-state index contributed by atoms with van der Waals surface area (Å²) >= 11 is 0. The number of nitro benzene ring substituents is 1. The first-order chi connectivity index (χ1) is 9.59. The van der Waals surface area contributed by atoms with Crippen LogP contribution in [0.1, 0.15) is 5.56 Å². The number of anilines is 1. The smallest absolute Gasteiger partial charge is 0.272 e. The van der Waals surface area contributed by atoms with E-state index in [0.717, 1.165) is 0 Å². The number of nitrogen functional groups attached to an aromatic ring is 1. The van der Waals surface area contributed by atoms with E-state index in [1.165, 1.54) is 18.5 Å². The van der Waals surface area contributed by atoms with Gasteiger partial charge in [0.1, 0.15) is 0 Å². The molecule has 0 aliphatic carbocycles. The van der Waals surface area contributed by atoms with Crippen LogP contribution in [0.3, 0.4) is 0 Å². The third-order valence-corrected chi connectivity index (χ3v) is 4.24. The van der Waals surface area contributed by atoms with E-state index in [-0.39, 0.29) is 11.4 Å². The molecule has 2 N–H and O–H groups in total. The number of benzene rings is 1. The van der Waals surface area contributed by atoms with Crippen molar-refractivity contribution in [2.45, 2.75) is 11.3 Å². The van der Waals surface area contributed by atoms with Crippen molar-refractivity contribution in [2.24, 2.45) is 0 Å². The standard InChI is InChI=1S/C13H13N3O3S/c14-11-9-15-7-5-13(11)20(19)8-6-10-3-1-2-4-12(10)16(17)18/h1-5,7,9H,6,8,14H2. The Balaban J connectivity index is 2.12. The third-order valence-electron chi connectivity index (χ3n) is 2.80. The minimum Gasteiger partial charge on any atom is -0.396 e. The van der Waals surface area contributed by atoms with Gasteiger partial charge in [0.2, 0.25) is 0 Å². The number of nitrogens with zero attached hydrogens (tertiary/aromatic N) is 2. The van der Waals surface area contributed by atoms with E-state index in [9.17, 15) is 14.3 Å². The van der Waals surface area contributed by atoms with E-state index >= 15 is 0 Å². The molecule has 0 spiro atoms. The molecule has 2 rings (SSSR count). The van der Waals surface area contributed by atoms with Gasteiger partial charge in [0.15, 0.2) is 0 Å². The Bertz CT molecular complexity index is 661. The van der Waals surface area contributed by atoms with Gasteiger partial charge >= 0.3 is 0 Å². The van der Waals surface area contributed by atoms with Crippen molar-refractivity contribution >= 4 is 22.2 Å². The van der Waals surface area contributed by atoms with Gasteiger partial charge in [0.25, 0.3) is 5.69 Å². The molecule has 6 nitrogen and oxygen atoms in total. The Hall–Kier alpha value is -2.28. The Labute approximate surface area is 118 Å². The van der Waals surface area contributed by atoms with E-state index in [1.54, 1.807) is 24.3 Å². The number of nitro groups is 1. The number of nitrogens with two attached hydrogens (primary N) is 1. The van der Waals surface area contributed by atoms with Gasteiger partial charge in [-0.05, 0) is 12.5 Å².